The number of hydrogen-bond donors (Lipinski definition) is 0. The predicted molar refractivity (Wildman–Crippen MR) is 137 cm³/mol. The number of piperazine rings is 1. The van der Waals surface area contributed by atoms with Gasteiger partial charge in [0.15, 0.2) is 0 Å². The molecule has 0 spiro atoms. The number of halogens is 1. The van der Waals surface area contributed by atoms with Crippen LogP contribution in [0.4, 0.5) is 5.69 Å². The van der Waals surface area contributed by atoms with Crippen molar-refractivity contribution in [1.82, 2.24) is 14.8 Å². The normalized spacial score (nSPS) is 14.6. The Hall–Kier alpha value is -2.85. The number of thiophene rings is 1. The van der Waals surface area contributed by atoms with E-state index in [9.17, 15) is 14.9 Å². The van der Waals surface area contributed by atoms with Gasteiger partial charge in [0.25, 0.3) is 11.6 Å². The fourth-order valence-electron chi connectivity index (χ4n) is 4.00. The number of aryl methyl sites for hydroxylation is 1. The number of thiazole rings is 1. The van der Waals surface area contributed by atoms with Crippen LogP contribution < -0.4 is 0 Å². The lowest BCUT2D eigenvalue weighted by atomic mass is 10.2. The van der Waals surface area contributed by atoms with Gasteiger partial charge in [-0.05, 0) is 13.0 Å². The van der Waals surface area contributed by atoms with Crippen molar-refractivity contribution in [3.8, 4) is 10.6 Å². The van der Waals surface area contributed by atoms with E-state index in [0.29, 0.717) is 33.1 Å². The summed E-state index contributed by atoms with van der Waals surface area (Å²) < 4.78 is 0.647. The summed E-state index contributed by atoms with van der Waals surface area (Å²) >= 11 is 9.34. The van der Waals surface area contributed by atoms with Gasteiger partial charge in [-0.25, -0.2) is 4.98 Å². The molecule has 10 heteroatoms. The van der Waals surface area contributed by atoms with Crippen LogP contribution in [0.3, 0.4) is 0 Å². The third-order valence-electron chi connectivity index (χ3n) is 5.91. The van der Waals surface area contributed by atoms with Crippen LogP contribution in [0.1, 0.15) is 20.9 Å². The van der Waals surface area contributed by atoms with Gasteiger partial charge in [-0.2, -0.15) is 0 Å². The van der Waals surface area contributed by atoms with Gasteiger partial charge in [-0.3, -0.25) is 19.8 Å². The summed E-state index contributed by atoms with van der Waals surface area (Å²) in [5.74, 6) is -0.121. The van der Waals surface area contributed by atoms with Gasteiger partial charge in [0.2, 0.25) is 0 Å². The van der Waals surface area contributed by atoms with E-state index in [1.165, 1.54) is 29.0 Å². The van der Waals surface area contributed by atoms with Crippen molar-refractivity contribution in [3.05, 3.63) is 79.1 Å². The smallest absolute Gasteiger partial charge is 0.270 e. The standard InChI is InChI=1S/C24H21ClN4O3S2/c1-15-2-4-16(5-3-15)23-26-17(14-33-23)13-27-8-10-28(11-9-27)24(30)22-21(25)19-7-6-18(29(31)32)12-20(19)34-22/h2-7,12,14H,8-11,13H2,1H3. The number of fused-ring (bicyclic) bond motifs is 1. The van der Waals surface area contributed by atoms with Crippen molar-refractivity contribution >= 4 is 56.0 Å². The molecule has 1 fully saturated rings. The zero-order valence-electron chi connectivity index (χ0n) is 18.4. The van der Waals surface area contributed by atoms with E-state index >= 15 is 0 Å². The second-order valence-corrected chi connectivity index (χ2v) is 10.5. The molecule has 0 aliphatic carbocycles. The van der Waals surface area contributed by atoms with Gasteiger partial charge in [0.05, 0.1) is 15.6 Å². The van der Waals surface area contributed by atoms with Crippen molar-refractivity contribution in [2.75, 3.05) is 26.2 Å². The van der Waals surface area contributed by atoms with Crippen LogP contribution in [0.25, 0.3) is 20.7 Å². The van der Waals surface area contributed by atoms with E-state index in [2.05, 4.69) is 41.5 Å². The molecule has 174 valence electrons. The van der Waals surface area contributed by atoms with Crippen molar-refractivity contribution in [1.29, 1.82) is 0 Å². The lowest BCUT2D eigenvalue weighted by Gasteiger charge is -2.34. The molecule has 5 rings (SSSR count). The number of carbonyl (C=O) groups excluding carboxylic acids is 1. The van der Waals surface area contributed by atoms with Gasteiger partial charge in [-0.15, -0.1) is 22.7 Å². The minimum absolute atomic E-state index is 0.00870. The largest absolute Gasteiger partial charge is 0.335 e. The molecule has 0 bridgehead atoms. The van der Waals surface area contributed by atoms with Crippen LogP contribution in [0.2, 0.25) is 5.02 Å². The number of nitrogens with zero attached hydrogens (tertiary/aromatic N) is 4. The van der Waals surface area contributed by atoms with Crippen molar-refractivity contribution in [3.63, 3.8) is 0 Å². The van der Waals surface area contributed by atoms with Crippen LogP contribution >= 0.6 is 34.3 Å². The fourth-order valence-corrected chi connectivity index (χ4v) is 6.33. The van der Waals surface area contributed by atoms with E-state index in [1.54, 1.807) is 22.3 Å². The maximum atomic E-state index is 13.1. The van der Waals surface area contributed by atoms with E-state index in [0.717, 1.165) is 35.9 Å². The highest BCUT2D eigenvalue weighted by Crippen LogP contribution is 2.38. The zero-order valence-corrected chi connectivity index (χ0v) is 20.8. The first-order valence-electron chi connectivity index (χ1n) is 10.8. The molecule has 7 nitrogen and oxygen atoms in total. The number of benzene rings is 2. The summed E-state index contributed by atoms with van der Waals surface area (Å²) in [6.07, 6.45) is 0. The maximum Gasteiger partial charge on any atom is 0.270 e. The first-order valence-corrected chi connectivity index (χ1v) is 12.9. The van der Waals surface area contributed by atoms with Crippen LogP contribution in [0.5, 0.6) is 0 Å². The molecule has 1 aliphatic heterocycles. The molecule has 0 atom stereocenters. The van der Waals surface area contributed by atoms with Crippen molar-refractivity contribution < 1.29 is 9.72 Å². The zero-order chi connectivity index (χ0) is 23.8. The number of rotatable bonds is 5. The highest BCUT2D eigenvalue weighted by molar-refractivity contribution is 7.21. The number of hydrogen-bond acceptors (Lipinski definition) is 7. The molecule has 34 heavy (non-hydrogen) atoms. The highest BCUT2D eigenvalue weighted by atomic mass is 35.5. The second kappa shape index (κ2) is 9.42. The first-order chi connectivity index (χ1) is 16.4. The lowest BCUT2D eigenvalue weighted by molar-refractivity contribution is -0.384. The second-order valence-electron chi connectivity index (χ2n) is 8.26. The minimum atomic E-state index is -0.445. The Morgan fingerprint density at radius 1 is 1.15 bits per heavy atom. The summed E-state index contributed by atoms with van der Waals surface area (Å²) in [6, 6.07) is 12.9. The Kier molecular flexibility index (Phi) is 6.35. The van der Waals surface area contributed by atoms with E-state index in [-0.39, 0.29) is 11.6 Å². The third-order valence-corrected chi connectivity index (χ3v) is 8.50. The molecule has 2 aromatic carbocycles. The van der Waals surface area contributed by atoms with Gasteiger partial charge in [0.1, 0.15) is 9.88 Å². The molecular formula is C24H21ClN4O3S2. The van der Waals surface area contributed by atoms with E-state index in [1.807, 2.05) is 0 Å². The van der Waals surface area contributed by atoms with Crippen LogP contribution in [0.15, 0.2) is 47.8 Å². The summed E-state index contributed by atoms with van der Waals surface area (Å²) in [5, 5.41) is 15.2. The van der Waals surface area contributed by atoms with Gasteiger partial charge in [0, 0.05) is 65.9 Å². The SMILES string of the molecule is Cc1ccc(-c2nc(CN3CCN(C(=O)c4sc5cc([N+](=O)[O-])ccc5c4Cl)CC3)cs2)cc1. The first kappa shape index (κ1) is 22.9. The lowest BCUT2D eigenvalue weighted by Crippen LogP contribution is -2.48. The highest BCUT2D eigenvalue weighted by Gasteiger charge is 2.27. The van der Waals surface area contributed by atoms with Crippen LogP contribution in [-0.2, 0) is 6.54 Å². The number of carbonyl (C=O) groups is 1. The molecule has 1 saturated heterocycles. The number of nitro benzene ring substituents is 1. The molecule has 0 radical (unpaired) electrons. The summed E-state index contributed by atoms with van der Waals surface area (Å²) in [4.78, 5) is 33.1. The fraction of sp³-hybridized carbons (Fsp3) is 0.250. The Balaban J connectivity index is 1.22. The van der Waals surface area contributed by atoms with Gasteiger partial charge >= 0.3 is 0 Å². The molecule has 2 aromatic heterocycles. The average molecular weight is 513 g/mol. The molecule has 4 aromatic rings. The Morgan fingerprint density at radius 2 is 1.88 bits per heavy atom. The average Bonchev–Trinajstić information content (AvgIpc) is 3.44. The Labute approximate surface area is 209 Å². The maximum absolute atomic E-state index is 13.1. The third kappa shape index (κ3) is 4.56. The van der Waals surface area contributed by atoms with Crippen LogP contribution in [0, 0.1) is 17.0 Å². The van der Waals surface area contributed by atoms with Crippen molar-refractivity contribution in [2.45, 2.75) is 13.5 Å². The molecule has 3 heterocycles. The molecule has 0 saturated carbocycles. The summed E-state index contributed by atoms with van der Waals surface area (Å²) in [7, 11) is 0. The quantitative estimate of drug-likeness (QED) is 0.247. The Morgan fingerprint density at radius 3 is 2.59 bits per heavy atom. The number of aromatic nitrogens is 1. The molecule has 0 unspecified atom stereocenters. The molecular weight excluding hydrogens is 492 g/mol. The molecule has 1 aliphatic rings. The van der Waals surface area contributed by atoms with Crippen LogP contribution in [-0.4, -0.2) is 51.8 Å². The number of non-ortho nitro benzene ring substituents is 1. The Bertz CT molecular complexity index is 1370. The van der Waals surface area contributed by atoms with E-state index in [4.69, 9.17) is 16.6 Å². The van der Waals surface area contributed by atoms with Crippen molar-refractivity contribution in [2.24, 2.45) is 0 Å². The number of amides is 1. The predicted octanol–water partition coefficient (Wildman–Crippen LogP) is 5.85. The van der Waals surface area contributed by atoms with Gasteiger partial charge in [-0.1, -0.05) is 41.4 Å². The topological polar surface area (TPSA) is 79.6 Å². The summed E-state index contributed by atoms with van der Waals surface area (Å²) in [6.45, 7) is 5.51. The summed E-state index contributed by atoms with van der Waals surface area (Å²) in [5.41, 5.74) is 3.38. The monoisotopic (exact) mass is 512 g/mol. The van der Waals surface area contributed by atoms with E-state index < -0.39 is 4.92 Å². The molecule has 1 amide bonds. The van der Waals surface area contributed by atoms with Gasteiger partial charge < -0.3 is 4.90 Å². The minimum Gasteiger partial charge on any atom is -0.335 e. The molecule has 0 N–H and O–H groups in total. The number of nitro groups is 1.